The highest BCUT2D eigenvalue weighted by molar-refractivity contribution is 5.64. The first-order valence-electron chi connectivity index (χ1n) is 19.2. The van der Waals surface area contributed by atoms with E-state index in [-0.39, 0.29) is 11.1 Å². The number of aromatic nitrogens is 10. The van der Waals surface area contributed by atoms with Crippen LogP contribution in [0.4, 0.5) is 11.4 Å². The Labute approximate surface area is 327 Å². The van der Waals surface area contributed by atoms with E-state index in [1.54, 1.807) is 20.9 Å². The predicted octanol–water partition coefficient (Wildman–Crippen LogP) is 3.25. The third-order valence-corrected chi connectivity index (χ3v) is 10.5. The number of aryl methyl sites for hydroxylation is 4. The quantitative estimate of drug-likeness (QED) is 0.270. The number of nitrogens with zero attached hydrogens (tertiary/aromatic N) is 12. The van der Waals surface area contributed by atoms with Crippen molar-refractivity contribution < 1.29 is 0 Å². The zero-order valence-electron chi connectivity index (χ0n) is 32.6. The van der Waals surface area contributed by atoms with Gasteiger partial charge in [0, 0.05) is 101 Å². The minimum atomic E-state index is -0.113. The summed E-state index contributed by atoms with van der Waals surface area (Å²) < 4.78 is 7.08. The highest BCUT2D eigenvalue weighted by Crippen LogP contribution is 2.22. The molecule has 2 aliphatic heterocycles. The van der Waals surface area contributed by atoms with Crippen molar-refractivity contribution in [1.29, 1.82) is 0 Å². The van der Waals surface area contributed by atoms with E-state index in [0.29, 0.717) is 40.1 Å². The lowest BCUT2D eigenvalue weighted by Gasteiger charge is -2.33. The van der Waals surface area contributed by atoms with Crippen LogP contribution in [0.15, 0.2) is 83.2 Å². The number of hydrogen-bond donors (Lipinski definition) is 2. The van der Waals surface area contributed by atoms with Crippen LogP contribution in [0.3, 0.4) is 0 Å². The number of fused-ring (bicyclic) bond motifs is 4. The lowest BCUT2D eigenvalue weighted by molar-refractivity contribution is 0.484. The lowest BCUT2D eigenvalue weighted by Crippen LogP contribution is -2.49. The summed E-state index contributed by atoms with van der Waals surface area (Å²) in [7, 11) is 0. The molecule has 0 aromatic carbocycles. The Morgan fingerprint density at radius 2 is 1.05 bits per heavy atom. The van der Waals surface area contributed by atoms with Gasteiger partial charge in [-0.15, -0.1) is 0 Å². The van der Waals surface area contributed by atoms with Crippen molar-refractivity contribution in [2.24, 2.45) is 0 Å². The monoisotopic (exact) mass is 764 g/mol. The minimum Gasteiger partial charge on any atom is -0.368 e. The van der Waals surface area contributed by atoms with Gasteiger partial charge in [0.1, 0.15) is 22.7 Å². The van der Waals surface area contributed by atoms with Crippen LogP contribution in [0.25, 0.3) is 45.4 Å². The standard InChI is InChI=1S/C21H23N7O.C20H21N7O/c1-13-9-26(7-6-22-13)16-4-5-19-24-17(8-20(29)28(19)11-16)18-12-27-10-14(2)23-15(3)21(27)25-18;1-13-10-26-12-17(24-20(26)14(2)22-13)16-9-19(28)27-11-15(3-4-18(27)23-16)25-7-5-21-6-8-25/h4-5,8,10-13,22H,6-7,9H2,1-3H3;3-4,9-12,21H,5-8H2,1-2H3/t13-;/m0./s1. The number of rotatable bonds is 4. The van der Waals surface area contributed by atoms with Gasteiger partial charge in [-0.2, -0.15) is 0 Å². The fraction of sp³-hybridized carbons (Fsp3) is 0.317. The van der Waals surface area contributed by atoms with Crippen LogP contribution in [0, 0.1) is 27.7 Å². The summed E-state index contributed by atoms with van der Waals surface area (Å²) in [5.41, 5.74) is 10.6. The highest BCUT2D eigenvalue weighted by Gasteiger charge is 2.18. The molecule has 2 aliphatic rings. The van der Waals surface area contributed by atoms with Crippen molar-refractivity contribution in [3.8, 4) is 22.8 Å². The molecule has 0 unspecified atom stereocenters. The first kappa shape index (κ1) is 36.1. The number of piperazine rings is 2. The molecule has 0 amide bonds. The fourth-order valence-electron chi connectivity index (χ4n) is 7.77. The summed E-state index contributed by atoms with van der Waals surface area (Å²) in [4.78, 5) is 57.8. The van der Waals surface area contributed by atoms with Crippen molar-refractivity contribution in [2.45, 2.75) is 40.7 Å². The average molecular weight is 765 g/mol. The zero-order chi connectivity index (χ0) is 39.4. The molecule has 10 heterocycles. The summed E-state index contributed by atoms with van der Waals surface area (Å²) >= 11 is 0. The predicted molar refractivity (Wildman–Crippen MR) is 221 cm³/mol. The molecular formula is C41H44N14O2. The van der Waals surface area contributed by atoms with Gasteiger partial charge in [-0.3, -0.25) is 28.4 Å². The molecule has 16 nitrogen and oxygen atoms in total. The molecule has 8 aromatic rings. The summed E-state index contributed by atoms with van der Waals surface area (Å²) in [5.74, 6) is 0. The molecule has 16 heteroatoms. The molecule has 8 aromatic heterocycles. The SMILES string of the molecule is Cc1cn2cc(-c3cc(=O)n4cc(N5CCNCC5)ccc4n3)nc2c(C)n1.Cc1cn2cc(-c3cc(=O)n4cc(N5CCN[C@@H](C)C5)ccc4n3)nc2c(C)n1. The second kappa shape index (κ2) is 14.5. The topological polar surface area (TPSA) is 160 Å². The van der Waals surface area contributed by atoms with E-state index in [1.807, 2.05) is 97.9 Å². The second-order valence-corrected chi connectivity index (χ2v) is 14.9. The van der Waals surface area contributed by atoms with E-state index in [9.17, 15) is 9.59 Å². The number of anilines is 2. The van der Waals surface area contributed by atoms with Crippen molar-refractivity contribution in [1.82, 2.24) is 58.1 Å². The molecule has 0 aliphatic carbocycles. The normalized spacial score (nSPS) is 16.1. The lowest BCUT2D eigenvalue weighted by atomic mass is 10.2. The Morgan fingerprint density at radius 3 is 1.56 bits per heavy atom. The molecule has 2 fully saturated rings. The number of nitrogens with one attached hydrogen (secondary N) is 2. The summed E-state index contributed by atoms with van der Waals surface area (Å²) in [6.45, 7) is 16.5. The van der Waals surface area contributed by atoms with Gasteiger partial charge in [-0.05, 0) is 58.9 Å². The van der Waals surface area contributed by atoms with Crippen LogP contribution in [0.1, 0.15) is 29.7 Å². The Kier molecular flexibility index (Phi) is 9.21. The van der Waals surface area contributed by atoms with Gasteiger partial charge in [-0.1, -0.05) is 0 Å². The van der Waals surface area contributed by atoms with Gasteiger partial charge >= 0.3 is 0 Å². The van der Waals surface area contributed by atoms with E-state index < -0.39 is 0 Å². The van der Waals surface area contributed by atoms with Gasteiger partial charge in [-0.25, -0.2) is 19.9 Å². The maximum absolute atomic E-state index is 12.9. The van der Waals surface area contributed by atoms with Crippen molar-refractivity contribution in [3.05, 3.63) is 117 Å². The second-order valence-electron chi connectivity index (χ2n) is 14.9. The molecule has 0 spiro atoms. The van der Waals surface area contributed by atoms with Crippen LogP contribution in [-0.2, 0) is 0 Å². The van der Waals surface area contributed by atoms with Crippen molar-refractivity contribution in [3.63, 3.8) is 0 Å². The highest BCUT2D eigenvalue weighted by atomic mass is 16.1. The Morgan fingerprint density at radius 1 is 0.561 bits per heavy atom. The van der Waals surface area contributed by atoms with Crippen molar-refractivity contribution in [2.75, 3.05) is 55.6 Å². The third kappa shape index (κ3) is 7.08. The maximum Gasteiger partial charge on any atom is 0.258 e. The summed E-state index contributed by atoms with van der Waals surface area (Å²) in [6.07, 6.45) is 11.4. The number of imidazole rings is 2. The Hall–Kier alpha value is -6.52. The van der Waals surface area contributed by atoms with E-state index in [1.165, 1.54) is 0 Å². The van der Waals surface area contributed by atoms with E-state index in [4.69, 9.17) is 4.98 Å². The van der Waals surface area contributed by atoms with Gasteiger partial charge in [0.25, 0.3) is 11.1 Å². The van der Waals surface area contributed by atoms with Crippen LogP contribution >= 0.6 is 0 Å². The summed E-state index contributed by atoms with van der Waals surface area (Å²) in [6, 6.07) is 11.4. The molecule has 57 heavy (non-hydrogen) atoms. The molecule has 0 saturated carbocycles. The van der Waals surface area contributed by atoms with Crippen LogP contribution < -0.4 is 31.6 Å². The van der Waals surface area contributed by atoms with Gasteiger partial charge < -0.3 is 29.2 Å². The largest absolute Gasteiger partial charge is 0.368 e. The number of hydrogen-bond acceptors (Lipinski definition) is 12. The van der Waals surface area contributed by atoms with Crippen LogP contribution in [0.2, 0.25) is 0 Å². The molecular weight excluding hydrogens is 721 g/mol. The molecule has 2 N–H and O–H groups in total. The molecule has 1 atom stereocenters. The first-order chi connectivity index (χ1) is 27.6. The number of pyridine rings is 2. The molecule has 0 radical (unpaired) electrons. The minimum absolute atomic E-state index is 0.111. The van der Waals surface area contributed by atoms with E-state index in [2.05, 4.69) is 52.3 Å². The Balaban J connectivity index is 0.000000148. The molecule has 0 bridgehead atoms. The smallest absolute Gasteiger partial charge is 0.258 e. The van der Waals surface area contributed by atoms with Gasteiger partial charge in [0.15, 0.2) is 11.3 Å². The average Bonchev–Trinajstić information content (AvgIpc) is 3.84. The van der Waals surface area contributed by atoms with E-state index in [0.717, 1.165) is 91.3 Å². The third-order valence-electron chi connectivity index (χ3n) is 10.5. The Bertz CT molecular complexity index is 2940. The van der Waals surface area contributed by atoms with E-state index >= 15 is 0 Å². The fourth-order valence-corrected chi connectivity index (χ4v) is 7.77. The van der Waals surface area contributed by atoms with Gasteiger partial charge in [0.05, 0.1) is 45.5 Å². The summed E-state index contributed by atoms with van der Waals surface area (Å²) in [5, 5.41) is 6.78. The molecule has 10 rings (SSSR count). The first-order valence-corrected chi connectivity index (χ1v) is 19.2. The van der Waals surface area contributed by atoms with Crippen LogP contribution in [0.5, 0.6) is 0 Å². The maximum atomic E-state index is 12.9. The zero-order valence-corrected chi connectivity index (χ0v) is 32.6. The molecule has 2 saturated heterocycles. The molecule has 290 valence electrons. The van der Waals surface area contributed by atoms with Crippen LogP contribution in [-0.4, -0.2) is 99.4 Å². The van der Waals surface area contributed by atoms with Gasteiger partial charge in [0.2, 0.25) is 0 Å². The van der Waals surface area contributed by atoms with Crippen molar-refractivity contribution >= 4 is 34.0 Å².